The summed E-state index contributed by atoms with van der Waals surface area (Å²) in [6.45, 7) is 2.20. The minimum Gasteiger partial charge on any atom is -0.374 e. The highest BCUT2D eigenvalue weighted by atomic mass is 32.2. The van der Waals surface area contributed by atoms with E-state index >= 15 is 0 Å². The summed E-state index contributed by atoms with van der Waals surface area (Å²) in [4.78, 5) is 12.0. The second kappa shape index (κ2) is 6.75. The van der Waals surface area contributed by atoms with Gasteiger partial charge in [-0.1, -0.05) is 0 Å². The number of hydrogen-bond acceptors (Lipinski definition) is 3. The highest BCUT2D eigenvalue weighted by molar-refractivity contribution is 7.99. The predicted octanol–water partition coefficient (Wildman–Crippen LogP) is 1.84. The van der Waals surface area contributed by atoms with Gasteiger partial charge in [-0.05, 0) is 37.1 Å². The van der Waals surface area contributed by atoms with Gasteiger partial charge in [-0.15, -0.1) is 0 Å². The predicted molar refractivity (Wildman–Crippen MR) is 84.6 cm³/mol. The van der Waals surface area contributed by atoms with Crippen molar-refractivity contribution in [2.24, 2.45) is 0 Å². The Morgan fingerprint density at radius 3 is 3.05 bits per heavy atom. The van der Waals surface area contributed by atoms with Crippen LogP contribution in [0.4, 0.5) is 4.79 Å². The Morgan fingerprint density at radius 2 is 2.29 bits per heavy atom. The zero-order valence-corrected chi connectivity index (χ0v) is 13.0. The molecule has 2 aliphatic heterocycles. The fraction of sp³-hybridized carbons (Fsp3) is 0.667. The highest BCUT2D eigenvalue weighted by Crippen LogP contribution is 2.38. The first-order valence-electron chi connectivity index (χ1n) is 7.63. The van der Waals surface area contributed by atoms with Crippen LogP contribution in [-0.4, -0.2) is 46.9 Å². The Morgan fingerprint density at radius 1 is 1.43 bits per heavy atom. The lowest BCUT2D eigenvalue weighted by Crippen LogP contribution is -2.51. The SMILES string of the molecule is O=C(NCCn1cccc1)N[C@@H]1CCO[C@@]2(CCSC2)C1. The van der Waals surface area contributed by atoms with E-state index < -0.39 is 0 Å². The summed E-state index contributed by atoms with van der Waals surface area (Å²) in [6, 6.07) is 4.15. The van der Waals surface area contributed by atoms with E-state index in [1.807, 2.05) is 36.3 Å². The molecule has 0 bridgehead atoms. The maximum atomic E-state index is 12.0. The van der Waals surface area contributed by atoms with Crippen LogP contribution in [0.5, 0.6) is 0 Å². The number of hydrogen-bond donors (Lipinski definition) is 2. The molecule has 0 aliphatic carbocycles. The third-order valence-corrected chi connectivity index (χ3v) is 5.44. The molecule has 0 aromatic carbocycles. The first-order valence-corrected chi connectivity index (χ1v) is 8.78. The van der Waals surface area contributed by atoms with Crippen LogP contribution in [0.15, 0.2) is 24.5 Å². The number of ether oxygens (including phenoxy) is 1. The lowest BCUT2D eigenvalue weighted by molar-refractivity contribution is -0.0684. The van der Waals surface area contributed by atoms with Gasteiger partial charge in [-0.25, -0.2) is 4.79 Å². The molecule has 5 nitrogen and oxygen atoms in total. The molecule has 2 N–H and O–H groups in total. The van der Waals surface area contributed by atoms with Crippen LogP contribution in [0.25, 0.3) is 0 Å². The van der Waals surface area contributed by atoms with Crippen LogP contribution in [0.2, 0.25) is 0 Å². The number of nitrogens with one attached hydrogen (secondary N) is 2. The van der Waals surface area contributed by atoms with E-state index in [1.165, 1.54) is 5.75 Å². The van der Waals surface area contributed by atoms with E-state index in [1.54, 1.807) is 0 Å². The van der Waals surface area contributed by atoms with Gasteiger partial charge in [0.25, 0.3) is 0 Å². The van der Waals surface area contributed by atoms with Gasteiger partial charge in [0.1, 0.15) is 0 Å². The van der Waals surface area contributed by atoms with Crippen molar-refractivity contribution < 1.29 is 9.53 Å². The van der Waals surface area contributed by atoms with Gasteiger partial charge in [0.15, 0.2) is 0 Å². The molecule has 0 radical (unpaired) electrons. The molecule has 2 amide bonds. The molecule has 1 aromatic rings. The largest absolute Gasteiger partial charge is 0.374 e. The molecule has 1 spiro atoms. The maximum absolute atomic E-state index is 12.0. The quantitative estimate of drug-likeness (QED) is 0.892. The maximum Gasteiger partial charge on any atom is 0.315 e. The lowest BCUT2D eigenvalue weighted by Gasteiger charge is -2.37. The zero-order chi connectivity index (χ0) is 14.5. The molecular formula is C15H23N3O2S. The van der Waals surface area contributed by atoms with Crippen LogP contribution in [0.3, 0.4) is 0 Å². The molecule has 116 valence electrons. The summed E-state index contributed by atoms with van der Waals surface area (Å²) < 4.78 is 8.03. The van der Waals surface area contributed by atoms with Crippen molar-refractivity contribution in [1.29, 1.82) is 0 Å². The van der Waals surface area contributed by atoms with E-state index in [0.717, 1.165) is 38.2 Å². The second-order valence-electron chi connectivity index (χ2n) is 5.84. The third kappa shape index (κ3) is 3.95. The van der Waals surface area contributed by atoms with Crippen molar-refractivity contribution in [2.75, 3.05) is 24.7 Å². The minimum atomic E-state index is -0.0603. The first kappa shape index (κ1) is 14.8. The van der Waals surface area contributed by atoms with Gasteiger partial charge in [-0.2, -0.15) is 11.8 Å². The van der Waals surface area contributed by atoms with Crippen LogP contribution < -0.4 is 10.6 Å². The Kier molecular flexibility index (Phi) is 4.75. The van der Waals surface area contributed by atoms with Gasteiger partial charge in [0.2, 0.25) is 0 Å². The molecule has 2 atom stereocenters. The third-order valence-electron chi connectivity index (χ3n) is 4.22. The van der Waals surface area contributed by atoms with Crippen LogP contribution >= 0.6 is 11.8 Å². The standard InChI is InChI=1S/C15H23N3O2S/c19-14(16-5-8-18-6-1-2-7-18)17-13-3-9-20-15(11-13)4-10-21-12-15/h1-2,6-7,13H,3-5,8-12H2,(H2,16,17,19)/t13-,15+/m1/s1. The fourth-order valence-electron chi connectivity index (χ4n) is 3.07. The summed E-state index contributed by atoms with van der Waals surface area (Å²) in [5.74, 6) is 2.25. The van der Waals surface area contributed by atoms with Crippen LogP contribution in [0.1, 0.15) is 19.3 Å². The Balaban J connectivity index is 1.40. The van der Waals surface area contributed by atoms with Gasteiger partial charge < -0.3 is 19.9 Å². The second-order valence-corrected chi connectivity index (χ2v) is 6.95. The van der Waals surface area contributed by atoms with Crippen molar-refractivity contribution in [3.05, 3.63) is 24.5 Å². The van der Waals surface area contributed by atoms with E-state index in [2.05, 4.69) is 15.2 Å². The van der Waals surface area contributed by atoms with Crippen molar-refractivity contribution >= 4 is 17.8 Å². The van der Waals surface area contributed by atoms with Crippen molar-refractivity contribution in [3.63, 3.8) is 0 Å². The van der Waals surface area contributed by atoms with Crippen molar-refractivity contribution in [2.45, 2.75) is 37.5 Å². The first-order chi connectivity index (χ1) is 10.3. The molecule has 6 heteroatoms. The molecule has 21 heavy (non-hydrogen) atoms. The number of carbonyl (C=O) groups is 1. The minimum absolute atomic E-state index is 0.0198. The smallest absolute Gasteiger partial charge is 0.315 e. The van der Waals surface area contributed by atoms with Gasteiger partial charge in [-0.3, -0.25) is 0 Å². The van der Waals surface area contributed by atoms with Crippen molar-refractivity contribution in [3.8, 4) is 0 Å². The number of rotatable bonds is 4. The van der Waals surface area contributed by atoms with E-state index in [4.69, 9.17) is 4.74 Å². The number of aromatic nitrogens is 1. The summed E-state index contributed by atoms with van der Waals surface area (Å²) in [7, 11) is 0. The summed E-state index contributed by atoms with van der Waals surface area (Å²) in [5, 5.41) is 6.03. The molecule has 3 heterocycles. The summed E-state index contributed by atoms with van der Waals surface area (Å²) >= 11 is 1.96. The summed E-state index contributed by atoms with van der Waals surface area (Å²) in [6.07, 6.45) is 6.98. The molecule has 2 aliphatic rings. The van der Waals surface area contributed by atoms with Crippen LogP contribution in [0, 0.1) is 0 Å². The van der Waals surface area contributed by atoms with E-state index in [9.17, 15) is 4.79 Å². The highest BCUT2D eigenvalue weighted by Gasteiger charge is 2.40. The van der Waals surface area contributed by atoms with Gasteiger partial charge in [0.05, 0.1) is 5.60 Å². The van der Waals surface area contributed by atoms with Gasteiger partial charge in [0, 0.05) is 43.9 Å². The van der Waals surface area contributed by atoms with Crippen LogP contribution in [-0.2, 0) is 11.3 Å². The number of amides is 2. The number of urea groups is 1. The topological polar surface area (TPSA) is 55.3 Å². The molecular weight excluding hydrogens is 286 g/mol. The van der Waals surface area contributed by atoms with Gasteiger partial charge >= 0.3 is 6.03 Å². The van der Waals surface area contributed by atoms with Crippen molar-refractivity contribution in [1.82, 2.24) is 15.2 Å². The molecule has 2 saturated heterocycles. The Bertz CT molecular complexity index is 457. The Labute approximate surface area is 129 Å². The molecule has 1 aromatic heterocycles. The number of thioether (sulfide) groups is 1. The average Bonchev–Trinajstić information content (AvgIpc) is 3.11. The summed E-state index contributed by atoms with van der Waals surface area (Å²) in [5.41, 5.74) is 0.0198. The van der Waals surface area contributed by atoms with E-state index in [0.29, 0.717) is 6.54 Å². The molecule has 2 fully saturated rings. The molecule has 3 rings (SSSR count). The zero-order valence-electron chi connectivity index (χ0n) is 12.2. The molecule has 0 saturated carbocycles. The van der Waals surface area contributed by atoms with E-state index in [-0.39, 0.29) is 17.7 Å². The number of nitrogens with zero attached hydrogens (tertiary/aromatic N) is 1. The monoisotopic (exact) mass is 309 g/mol. The Hall–Kier alpha value is -1.14. The normalized spacial score (nSPS) is 28.7. The number of carbonyl (C=O) groups excluding carboxylic acids is 1. The molecule has 0 unspecified atom stereocenters. The fourth-order valence-corrected chi connectivity index (χ4v) is 4.45. The average molecular weight is 309 g/mol. The lowest BCUT2D eigenvalue weighted by atomic mass is 9.90.